The zero-order valence-electron chi connectivity index (χ0n) is 18.8. The van der Waals surface area contributed by atoms with E-state index in [1.165, 1.54) is 38.7 Å². The van der Waals surface area contributed by atoms with Crippen LogP contribution in [-0.2, 0) is 10.0 Å². The smallest absolute Gasteiger partial charge is 0.266 e. The Morgan fingerprint density at radius 3 is 2.33 bits per heavy atom. The molecule has 0 aliphatic heterocycles. The first-order valence-electron chi connectivity index (χ1n) is 10.2. The van der Waals surface area contributed by atoms with E-state index in [0.29, 0.717) is 0 Å². The van der Waals surface area contributed by atoms with E-state index in [9.17, 15) is 21.6 Å². The Hall–Kier alpha value is -4.14. The molecule has 3 aromatic heterocycles. The molecule has 0 aliphatic carbocycles. The van der Waals surface area contributed by atoms with Crippen LogP contribution in [0.25, 0.3) is 22.3 Å². The van der Waals surface area contributed by atoms with Crippen molar-refractivity contribution in [2.75, 3.05) is 32.2 Å². The molecule has 11 nitrogen and oxygen atoms in total. The second-order valence-corrected chi connectivity index (χ2v) is 8.67. The first kappa shape index (κ1) is 25.0. The zero-order chi connectivity index (χ0) is 25.9. The third-order valence-electron chi connectivity index (χ3n) is 4.90. The maximum absolute atomic E-state index is 13.8. The number of nitrogens with one attached hydrogen (secondary N) is 2. The van der Waals surface area contributed by atoms with Gasteiger partial charge in [-0.1, -0.05) is 12.1 Å². The molecule has 1 aromatic carbocycles. The van der Waals surface area contributed by atoms with Gasteiger partial charge in [0.05, 0.1) is 25.3 Å². The van der Waals surface area contributed by atoms with Gasteiger partial charge in [-0.05, 0) is 6.07 Å². The summed E-state index contributed by atoms with van der Waals surface area (Å²) in [6.07, 6.45) is 1.05. The second-order valence-electron chi connectivity index (χ2n) is 7.02. The summed E-state index contributed by atoms with van der Waals surface area (Å²) in [5.41, 5.74) is -0.293. The lowest BCUT2D eigenvalue weighted by Gasteiger charge is -2.14. The van der Waals surface area contributed by atoms with E-state index in [2.05, 4.69) is 29.6 Å². The molecular weight excluding hydrogens is 505 g/mol. The number of fused-ring (bicyclic) bond motifs is 1. The van der Waals surface area contributed by atoms with Crippen molar-refractivity contribution in [3.8, 4) is 28.9 Å². The van der Waals surface area contributed by atoms with Gasteiger partial charge in [-0.25, -0.2) is 36.3 Å². The molecule has 0 fully saturated rings. The van der Waals surface area contributed by atoms with Crippen LogP contribution in [0.2, 0.25) is 0 Å². The highest BCUT2D eigenvalue weighted by molar-refractivity contribution is 7.93. The van der Waals surface area contributed by atoms with Crippen LogP contribution in [0.1, 0.15) is 12.0 Å². The topological polar surface area (TPSA) is 141 Å². The first-order valence-corrected chi connectivity index (χ1v) is 11.7. The monoisotopic (exact) mass is 524 g/mol. The first-order chi connectivity index (χ1) is 17.3. The van der Waals surface area contributed by atoms with Crippen molar-refractivity contribution in [3.63, 3.8) is 0 Å². The van der Waals surface area contributed by atoms with Gasteiger partial charge in [0, 0.05) is 29.5 Å². The Balaban J connectivity index is 1.79. The highest BCUT2D eigenvalue weighted by atomic mass is 32.2. The van der Waals surface area contributed by atoms with Gasteiger partial charge in [0.1, 0.15) is 18.2 Å². The van der Waals surface area contributed by atoms with E-state index in [-0.39, 0.29) is 56.9 Å². The van der Waals surface area contributed by atoms with Crippen LogP contribution in [0.5, 0.6) is 17.5 Å². The fourth-order valence-corrected chi connectivity index (χ4v) is 4.55. The van der Waals surface area contributed by atoms with Crippen LogP contribution < -0.4 is 18.9 Å². The van der Waals surface area contributed by atoms with E-state index in [1.54, 1.807) is 0 Å². The number of halogens is 3. The molecule has 0 radical (unpaired) electrons. The van der Waals surface area contributed by atoms with Gasteiger partial charge < -0.3 is 19.2 Å². The summed E-state index contributed by atoms with van der Waals surface area (Å²) in [6, 6.07) is 3.89. The van der Waals surface area contributed by atoms with Crippen LogP contribution in [0.15, 0.2) is 41.7 Å². The third kappa shape index (κ3) is 4.68. The van der Waals surface area contributed by atoms with Crippen LogP contribution in [-0.4, -0.2) is 60.8 Å². The summed E-state index contributed by atoms with van der Waals surface area (Å²) < 4.78 is 84.1. The lowest BCUT2D eigenvalue weighted by molar-refractivity contribution is 0.152. The number of methoxy groups -OCH3 is 2. The molecule has 2 N–H and O–H groups in total. The molecule has 0 bridgehead atoms. The van der Waals surface area contributed by atoms with Crippen LogP contribution in [0, 0.1) is 0 Å². The van der Waals surface area contributed by atoms with Gasteiger partial charge in [-0.3, -0.25) is 0 Å². The molecule has 0 atom stereocenters. The Morgan fingerprint density at radius 2 is 1.75 bits per heavy atom. The summed E-state index contributed by atoms with van der Waals surface area (Å²) >= 11 is 0. The summed E-state index contributed by atoms with van der Waals surface area (Å²) in [5.74, 6) is -0.936. The molecule has 4 rings (SSSR count). The molecule has 0 aliphatic rings. The lowest BCUT2D eigenvalue weighted by atomic mass is 10.0. The number of benzene rings is 1. The van der Waals surface area contributed by atoms with Gasteiger partial charge in [0.25, 0.3) is 28.2 Å². The fraction of sp³-hybridized carbons (Fsp3) is 0.238. The molecule has 4 aromatic rings. The molecule has 15 heteroatoms. The van der Waals surface area contributed by atoms with Crippen molar-refractivity contribution in [2.45, 2.75) is 11.3 Å². The quantitative estimate of drug-likeness (QED) is 0.319. The number of ether oxygens (including phenoxy) is 3. The van der Waals surface area contributed by atoms with Crippen molar-refractivity contribution >= 4 is 26.9 Å². The highest BCUT2D eigenvalue weighted by Crippen LogP contribution is 2.38. The number of hydrogen-bond donors (Lipinski definition) is 2. The zero-order valence-corrected chi connectivity index (χ0v) is 19.6. The summed E-state index contributed by atoms with van der Waals surface area (Å²) in [6.45, 7) is -1.13. The molecule has 190 valence electrons. The van der Waals surface area contributed by atoms with Gasteiger partial charge in [-0.15, -0.1) is 0 Å². The van der Waals surface area contributed by atoms with Crippen molar-refractivity contribution in [3.05, 3.63) is 42.4 Å². The summed E-state index contributed by atoms with van der Waals surface area (Å²) in [5, 5.41) is 0.108. The number of hydrogen-bond acceptors (Lipinski definition) is 9. The highest BCUT2D eigenvalue weighted by Gasteiger charge is 2.27. The van der Waals surface area contributed by atoms with E-state index in [0.717, 1.165) is 12.3 Å². The Labute approximate surface area is 202 Å². The van der Waals surface area contributed by atoms with Crippen molar-refractivity contribution in [1.82, 2.24) is 24.9 Å². The minimum atomic E-state index is -4.35. The SMILES string of the molecule is COc1nc(NS(=O)(=O)c2c[nH]c3c(-c4ncccn4)c(C(F)F)ccc23)nc(OC)c1OCCF. The molecule has 0 unspecified atom stereocenters. The van der Waals surface area contributed by atoms with Crippen LogP contribution in [0.3, 0.4) is 0 Å². The van der Waals surface area contributed by atoms with E-state index in [1.807, 2.05) is 0 Å². The Morgan fingerprint density at radius 1 is 1.08 bits per heavy atom. The maximum Gasteiger partial charge on any atom is 0.266 e. The van der Waals surface area contributed by atoms with E-state index in [4.69, 9.17) is 14.2 Å². The van der Waals surface area contributed by atoms with Gasteiger partial charge in [0.2, 0.25) is 11.7 Å². The average Bonchev–Trinajstić information content (AvgIpc) is 3.32. The minimum absolute atomic E-state index is 0.00108. The van der Waals surface area contributed by atoms with Gasteiger partial charge in [-0.2, -0.15) is 9.97 Å². The Kier molecular flexibility index (Phi) is 7.10. The van der Waals surface area contributed by atoms with E-state index < -0.39 is 29.1 Å². The predicted molar refractivity (Wildman–Crippen MR) is 122 cm³/mol. The van der Waals surface area contributed by atoms with Crippen molar-refractivity contribution in [2.24, 2.45) is 0 Å². The fourth-order valence-electron chi connectivity index (χ4n) is 3.43. The number of aromatic amines is 1. The number of nitrogens with zero attached hydrogens (tertiary/aromatic N) is 4. The molecule has 36 heavy (non-hydrogen) atoms. The number of alkyl halides is 3. The van der Waals surface area contributed by atoms with Crippen LogP contribution >= 0.6 is 0 Å². The molecule has 0 spiro atoms. The third-order valence-corrected chi connectivity index (χ3v) is 6.27. The second kappa shape index (κ2) is 10.2. The largest absolute Gasteiger partial charge is 0.481 e. The number of rotatable bonds is 10. The summed E-state index contributed by atoms with van der Waals surface area (Å²) in [4.78, 5) is 18.4. The molecule has 3 heterocycles. The standard InChI is InChI=1S/C21H19F3N6O5S/c1-33-19-16(35-9-6-22)20(34-2)29-21(28-19)30-36(31,32)13-10-27-15-11(13)4-5-12(17(23)24)14(15)18-25-7-3-8-26-18/h3-5,7-8,10,17,27H,6,9H2,1-2H3,(H,28,29,30). The lowest BCUT2D eigenvalue weighted by Crippen LogP contribution is -2.16. The number of sulfonamides is 1. The van der Waals surface area contributed by atoms with Gasteiger partial charge in [0.15, 0.2) is 5.82 Å². The number of anilines is 1. The maximum atomic E-state index is 13.8. The van der Waals surface area contributed by atoms with Crippen LogP contribution in [0.4, 0.5) is 19.1 Å². The minimum Gasteiger partial charge on any atom is -0.481 e. The predicted octanol–water partition coefficient (Wildman–Crippen LogP) is 3.52. The normalized spacial score (nSPS) is 11.6. The molecule has 0 amide bonds. The summed E-state index contributed by atoms with van der Waals surface area (Å²) in [7, 11) is -1.86. The van der Waals surface area contributed by atoms with Crippen molar-refractivity contribution in [1.29, 1.82) is 0 Å². The average molecular weight is 524 g/mol. The Bertz CT molecular complexity index is 1460. The molecular formula is C21H19F3N6O5S. The molecule has 0 saturated carbocycles. The molecule has 0 saturated heterocycles. The van der Waals surface area contributed by atoms with Crippen molar-refractivity contribution < 1.29 is 35.8 Å². The van der Waals surface area contributed by atoms with Gasteiger partial charge >= 0.3 is 0 Å². The van der Waals surface area contributed by atoms with E-state index >= 15 is 0 Å². The number of H-pyrrole nitrogens is 1. The number of aromatic nitrogens is 5.